The van der Waals surface area contributed by atoms with Gasteiger partial charge in [-0.2, -0.15) is 0 Å². The van der Waals surface area contributed by atoms with Crippen LogP contribution in [-0.4, -0.2) is 25.2 Å². The highest BCUT2D eigenvalue weighted by Gasteiger charge is 2.24. The Bertz CT molecular complexity index is 126. The molecule has 2 unspecified atom stereocenters. The summed E-state index contributed by atoms with van der Waals surface area (Å²) in [7, 11) is 0. The van der Waals surface area contributed by atoms with Crippen LogP contribution in [0.1, 0.15) is 27.7 Å². The van der Waals surface area contributed by atoms with Gasteiger partial charge in [-0.05, 0) is 11.8 Å². The van der Waals surface area contributed by atoms with E-state index in [1.54, 1.807) is 0 Å². The topological polar surface area (TPSA) is 24.1 Å². The second kappa shape index (κ2) is 7.75. The molecule has 4 heteroatoms. The minimum Gasteiger partial charge on any atom is -0.314 e. The zero-order valence-electron chi connectivity index (χ0n) is 9.54. The molecule has 1 saturated heterocycles. The summed E-state index contributed by atoms with van der Waals surface area (Å²) in [5.41, 5.74) is 0. The molecule has 1 fully saturated rings. The fourth-order valence-corrected chi connectivity index (χ4v) is 1.64. The van der Waals surface area contributed by atoms with Gasteiger partial charge >= 0.3 is 0 Å². The molecule has 0 aromatic heterocycles. The lowest BCUT2D eigenvalue weighted by molar-refractivity contribution is 0.247. The Balaban J connectivity index is 0. The lowest BCUT2D eigenvalue weighted by Crippen LogP contribution is -2.58. The van der Waals surface area contributed by atoms with Gasteiger partial charge in [-0.3, -0.25) is 0 Å². The molecular formula is C10H24Cl2N2. The van der Waals surface area contributed by atoms with Gasteiger partial charge in [0.1, 0.15) is 0 Å². The Labute approximate surface area is 100 Å². The summed E-state index contributed by atoms with van der Waals surface area (Å²) in [5, 5.41) is 7.17. The maximum atomic E-state index is 3.69. The predicted molar refractivity (Wildman–Crippen MR) is 67.8 cm³/mol. The minimum atomic E-state index is 0. The number of hydrogen-bond acceptors (Lipinski definition) is 2. The number of nitrogens with one attached hydrogen (secondary N) is 2. The molecule has 2 N–H and O–H groups in total. The summed E-state index contributed by atoms with van der Waals surface area (Å²) in [4.78, 5) is 0. The van der Waals surface area contributed by atoms with Gasteiger partial charge in [-0.15, -0.1) is 24.8 Å². The maximum absolute atomic E-state index is 3.69. The lowest BCUT2D eigenvalue weighted by Gasteiger charge is -2.36. The summed E-state index contributed by atoms with van der Waals surface area (Å²) >= 11 is 0. The molecule has 0 radical (unpaired) electrons. The van der Waals surface area contributed by atoms with E-state index < -0.39 is 0 Å². The van der Waals surface area contributed by atoms with Crippen LogP contribution < -0.4 is 10.6 Å². The molecule has 0 saturated carbocycles. The second-order valence-corrected chi connectivity index (χ2v) is 4.53. The van der Waals surface area contributed by atoms with Gasteiger partial charge in [0, 0.05) is 25.2 Å². The monoisotopic (exact) mass is 242 g/mol. The summed E-state index contributed by atoms with van der Waals surface area (Å²) in [5.74, 6) is 1.47. The van der Waals surface area contributed by atoms with E-state index in [4.69, 9.17) is 0 Å². The fourth-order valence-electron chi connectivity index (χ4n) is 1.64. The van der Waals surface area contributed by atoms with Crippen molar-refractivity contribution in [2.75, 3.05) is 13.1 Å². The molecular weight excluding hydrogens is 219 g/mol. The summed E-state index contributed by atoms with van der Waals surface area (Å²) in [6.07, 6.45) is 0. The maximum Gasteiger partial charge on any atom is 0.0218 e. The predicted octanol–water partition coefficient (Wildman–Crippen LogP) is 2.07. The van der Waals surface area contributed by atoms with Crippen LogP contribution in [0.25, 0.3) is 0 Å². The number of hydrogen-bond donors (Lipinski definition) is 2. The molecule has 0 aromatic rings. The van der Waals surface area contributed by atoms with E-state index in [-0.39, 0.29) is 24.8 Å². The molecule has 2 atom stereocenters. The van der Waals surface area contributed by atoms with Gasteiger partial charge in [-0.1, -0.05) is 27.7 Å². The van der Waals surface area contributed by atoms with Crippen molar-refractivity contribution in [2.45, 2.75) is 39.8 Å². The molecule has 2 nitrogen and oxygen atoms in total. The highest BCUT2D eigenvalue weighted by molar-refractivity contribution is 5.85. The van der Waals surface area contributed by atoms with E-state index in [0.717, 1.165) is 24.9 Å². The molecule has 0 bridgehead atoms. The van der Waals surface area contributed by atoms with E-state index in [2.05, 4.69) is 38.3 Å². The lowest BCUT2D eigenvalue weighted by atomic mass is 9.96. The number of halogens is 2. The SMILES string of the molecule is CC(C)C1CNCC(C(C)C)N1.Cl.Cl. The largest absolute Gasteiger partial charge is 0.314 e. The zero-order valence-corrected chi connectivity index (χ0v) is 11.2. The molecule has 0 spiro atoms. The molecule has 1 rings (SSSR count). The molecule has 1 heterocycles. The molecule has 1 aliphatic rings. The van der Waals surface area contributed by atoms with E-state index in [0.29, 0.717) is 12.1 Å². The van der Waals surface area contributed by atoms with Crippen LogP contribution in [0.4, 0.5) is 0 Å². The van der Waals surface area contributed by atoms with Crippen LogP contribution >= 0.6 is 24.8 Å². The fraction of sp³-hybridized carbons (Fsp3) is 1.00. The van der Waals surface area contributed by atoms with Crippen molar-refractivity contribution in [3.05, 3.63) is 0 Å². The first-order valence-corrected chi connectivity index (χ1v) is 5.08. The van der Waals surface area contributed by atoms with Gasteiger partial charge in [0.2, 0.25) is 0 Å². The van der Waals surface area contributed by atoms with Crippen molar-refractivity contribution >= 4 is 24.8 Å². The van der Waals surface area contributed by atoms with E-state index in [1.807, 2.05) is 0 Å². The molecule has 88 valence electrons. The average Bonchev–Trinajstić information content (AvgIpc) is 2.04. The van der Waals surface area contributed by atoms with Crippen molar-refractivity contribution in [2.24, 2.45) is 11.8 Å². The van der Waals surface area contributed by atoms with Crippen LogP contribution in [0.3, 0.4) is 0 Å². The van der Waals surface area contributed by atoms with Gasteiger partial charge in [-0.25, -0.2) is 0 Å². The smallest absolute Gasteiger partial charge is 0.0218 e. The van der Waals surface area contributed by atoms with Gasteiger partial charge in [0.15, 0.2) is 0 Å². The van der Waals surface area contributed by atoms with Crippen molar-refractivity contribution in [3.63, 3.8) is 0 Å². The highest BCUT2D eigenvalue weighted by atomic mass is 35.5. The zero-order chi connectivity index (χ0) is 9.14. The third kappa shape index (κ3) is 4.83. The first-order valence-electron chi connectivity index (χ1n) is 5.08. The standard InChI is InChI=1S/C10H22N2.2ClH/c1-7(2)9-5-11-6-10(12-9)8(3)4;;/h7-12H,5-6H2,1-4H3;2*1H. The normalized spacial score (nSPS) is 27.0. The van der Waals surface area contributed by atoms with E-state index in [1.165, 1.54) is 0 Å². The van der Waals surface area contributed by atoms with Crippen molar-refractivity contribution in [1.82, 2.24) is 10.6 Å². The van der Waals surface area contributed by atoms with Crippen LogP contribution in [0.15, 0.2) is 0 Å². The Hall–Kier alpha value is 0.500. The Morgan fingerprint density at radius 3 is 1.50 bits per heavy atom. The molecule has 0 amide bonds. The quantitative estimate of drug-likeness (QED) is 0.775. The first-order chi connectivity index (χ1) is 5.61. The van der Waals surface area contributed by atoms with Crippen molar-refractivity contribution < 1.29 is 0 Å². The number of rotatable bonds is 2. The van der Waals surface area contributed by atoms with Gasteiger partial charge in [0.05, 0.1) is 0 Å². The highest BCUT2D eigenvalue weighted by Crippen LogP contribution is 2.10. The van der Waals surface area contributed by atoms with E-state index in [9.17, 15) is 0 Å². The third-order valence-electron chi connectivity index (χ3n) is 2.77. The second-order valence-electron chi connectivity index (χ2n) is 4.53. The molecule has 0 aliphatic carbocycles. The third-order valence-corrected chi connectivity index (χ3v) is 2.77. The molecule has 14 heavy (non-hydrogen) atoms. The minimum absolute atomic E-state index is 0. The molecule has 1 aliphatic heterocycles. The van der Waals surface area contributed by atoms with Crippen LogP contribution in [0.2, 0.25) is 0 Å². The first kappa shape index (κ1) is 16.9. The van der Waals surface area contributed by atoms with Crippen molar-refractivity contribution in [3.8, 4) is 0 Å². The average molecular weight is 243 g/mol. The van der Waals surface area contributed by atoms with E-state index >= 15 is 0 Å². The Morgan fingerprint density at radius 1 is 0.857 bits per heavy atom. The Kier molecular flexibility index (Phi) is 9.36. The summed E-state index contributed by atoms with van der Waals surface area (Å²) in [6.45, 7) is 11.4. The van der Waals surface area contributed by atoms with Gasteiger partial charge in [0.25, 0.3) is 0 Å². The Morgan fingerprint density at radius 2 is 1.21 bits per heavy atom. The summed E-state index contributed by atoms with van der Waals surface area (Å²) < 4.78 is 0. The molecule has 0 aromatic carbocycles. The number of piperazine rings is 1. The van der Waals surface area contributed by atoms with Gasteiger partial charge < -0.3 is 10.6 Å². The van der Waals surface area contributed by atoms with Crippen LogP contribution in [0, 0.1) is 11.8 Å². The van der Waals surface area contributed by atoms with Crippen LogP contribution in [0.5, 0.6) is 0 Å². The summed E-state index contributed by atoms with van der Waals surface area (Å²) in [6, 6.07) is 1.32. The van der Waals surface area contributed by atoms with Crippen LogP contribution in [-0.2, 0) is 0 Å². The van der Waals surface area contributed by atoms with Crippen molar-refractivity contribution in [1.29, 1.82) is 0 Å².